The van der Waals surface area contributed by atoms with E-state index in [4.69, 9.17) is 9.98 Å². The molecule has 0 atom stereocenters. The summed E-state index contributed by atoms with van der Waals surface area (Å²) in [5, 5.41) is 2.39. The summed E-state index contributed by atoms with van der Waals surface area (Å²) in [5.41, 5.74) is 15.1. The van der Waals surface area contributed by atoms with Crippen molar-refractivity contribution in [1.29, 1.82) is 0 Å². The molecule has 0 unspecified atom stereocenters. The van der Waals surface area contributed by atoms with Crippen molar-refractivity contribution in [3.8, 4) is 39.3 Å². The van der Waals surface area contributed by atoms with Crippen LogP contribution in [0.3, 0.4) is 0 Å². The van der Waals surface area contributed by atoms with Gasteiger partial charge in [-0.25, -0.2) is 4.98 Å². The van der Waals surface area contributed by atoms with Crippen LogP contribution in [0.4, 0.5) is 5.69 Å². The van der Waals surface area contributed by atoms with Gasteiger partial charge < -0.3 is 0 Å². The molecule has 0 saturated carbocycles. The van der Waals surface area contributed by atoms with Gasteiger partial charge in [0.25, 0.3) is 0 Å². The Morgan fingerprint density at radius 3 is 2.11 bits per heavy atom. The van der Waals surface area contributed by atoms with Gasteiger partial charge >= 0.3 is 0 Å². The number of benzene rings is 7. The maximum atomic E-state index is 5.23. The zero-order chi connectivity index (χ0) is 31.3. The second-order valence-corrected chi connectivity index (χ2v) is 12.3. The molecule has 1 heterocycles. The molecule has 1 aliphatic carbocycles. The highest BCUT2D eigenvalue weighted by Gasteiger charge is 2.22. The Labute approximate surface area is 274 Å². The lowest BCUT2D eigenvalue weighted by atomic mass is 9.82. The van der Waals surface area contributed by atoms with Gasteiger partial charge in [-0.1, -0.05) is 109 Å². The number of hydrogen-bond donors (Lipinski definition) is 0. The summed E-state index contributed by atoms with van der Waals surface area (Å²) in [4.78, 5) is 10.3. The summed E-state index contributed by atoms with van der Waals surface area (Å²) < 4.78 is 2.26. The molecule has 0 aliphatic heterocycles. The maximum absolute atomic E-state index is 5.23. The van der Waals surface area contributed by atoms with Crippen LogP contribution in [-0.2, 0) is 6.42 Å². The molecule has 0 radical (unpaired) electrons. The first-order valence-electron chi connectivity index (χ1n) is 16.1. The van der Waals surface area contributed by atoms with E-state index in [1.165, 1.54) is 49.7 Å². The van der Waals surface area contributed by atoms with Gasteiger partial charge in [-0.05, 0) is 99.6 Å². The standard InChI is InChI=1S/C44H31N3/c1-29-11-5-8-16-40(29)45-42-28-34-12-6-7-15-37(34)38-24-23-33(27-39(38)42)31-19-20-32-26-35(22-21-30(32)25-31)44-46-41-17-9-10-18-43(41)47(44)36-13-3-2-4-14-36/h2-27H,28H2,1H3. The van der Waals surface area contributed by atoms with Crippen LogP contribution in [0, 0.1) is 6.92 Å². The molecule has 7 aromatic carbocycles. The minimum Gasteiger partial charge on any atom is -0.292 e. The Morgan fingerprint density at radius 1 is 0.553 bits per heavy atom. The molecule has 0 amide bonds. The minimum atomic E-state index is 0.815. The molecule has 3 heteroatoms. The predicted molar refractivity (Wildman–Crippen MR) is 196 cm³/mol. The van der Waals surface area contributed by atoms with Gasteiger partial charge in [-0.3, -0.25) is 9.56 Å². The smallest absolute Gasteiger partial charge is 0.145 e. The van der Waals surface area contributed by atoms with Crippen LogP contribution >= 0.6 is 0 Å². The van der Waals surface area contributed by atoms with Crippen molar-refractivity contribution in [2.75, 3.05) is 0 Å². The van der Waals surface area contributed by atoms with Gasteiger partial charge in [0.2, 0.25) is 0 Å². The molecule has 0 spiro atoms. The summed E-state index contributed by atoms with van der Waals surface area (Å²) in [6.45, 7) is 2.13. The molecule has 9 rings (SSSR count). The quantitative estimate of drug-likeness (QED) is 0.197. The normalized spacial score (nSPS) is 13.2. The first-order valence-corrected chi connectivity index (χ1v) is 16.1. The largest absolute Gasteiger partial charge is 0.292 e. The molecule has 222 valence electrons. The van der Waals surface area contributed by atoms with Crippen molar-refractivity contribution in [2.45, 2.75) is 13.3 Å². The second kappa shape index (κ2) is 11.1. The molecule has 0 bridgehead atoms. The van der Waals surface area contributed by atoms with E-state index in [0.717, 1.165) is 45.9 Å². The Balaban J connectivity index is 1.14. The van der Waals surface area contributed by atoms with Crippen molar-refractivity contribution in [2.24, 2.45) is 4.99 Å². The minimum absolute atomic E-state index is 0.815. The van der Waals surface area contributed by atoms with Crippen molar-refractivity contribution >= 4 is 33.2 Å². The van der Waals surface area contributed by atoms with E-state index in [1.807, 2.05) is 6.07 Å². The van der Waals surface area contributed by atoms with Crippen LogP contribution < -0.4 is 0 Å². The van der Waals surface area contributed by atoms with E-state index in [1.54, 1.807) is 0 Å². The molecule has 8 aromatic rings. The average molecular weight is 602 g/mol. The zero-order valence-corrected chi connectivity index (χ0v) is 26.1. The van der Waals surface area contributed by atoms with E-state index in [0.29, 0.717) is 0 Å². The zero-order valence-electron chi connectivity index (χ0n) is 26.1. The highest BCUT2D eigenvalue weighted by molar-refractivity contribution is 6.12. The number of rotatable bonds is 4. The van der Waals surface area contributed by atoms with E-state index >= 15 is 0 Å². The highest BCUT2D eigenvalue weighted by atomic mass is 15.1. The van der Waals surface area contributed by atoms with Gasteiger partial charge in [0.1, 0.15) is 5.82 Å². The van der Waals surface area contributed by atoms with Crippen molar-refractivity contribution in [1.82, 2.24) is 9.55 Å². The lowest BCUT2D eigenvalue weighted by Crippen LogP contribution is -2.13. The first-order chi connectivity index (χ1) is 23.2. The van der Waals surface area contributed by atoms with E-state index in [-0.39, 0.29) is 0 Å². The molecule has 0 fully saturated rings. The fourth-order valence-corrected chi connectivity index (χ4v) is 6.97. The number of para-hydroxylation sites is 4. The first kappa shape index (κ1) is 27.3. The van der Waals surface area contributed by atoms with Crippen LogP contribution in [0.1, 0.15) is 16.7 Å². The third kappa shape index (κ3) is 4.76. The number of imidazole rings is 1. The Hall–Kier alpha value is -6.06. The monoisotopic (exact) mass is 601 g/mol. The Morgan fingerprint density at radius 2 is 1.23 bits per heavy atom. The topological polar surface area (TPSA) is 30.2 Å². The molecular weight excluding hydrogens is 571 g/mol. The van der Waals surface area contributed by atoms with Crippen molar-refractivity contribution < 1.29 is 0 Å². The predicted octanol–water partition coefficient (Wildman–Crippen LogP) is 11.2. The van der Waals surface area contributed by atoms with Crippen LogP contribution in [0.15, 0.2) is 163 Å². The second-order valence-electron chi connectivity index (χ2n) is 12.3. The summed E-state index contributed by atoms with van der Waals surface area (Å²) in [7, 11) is 0. The number of aryl methyl sites for hydroxylation is 1. The van der Waals surface area contributed by atoms with E-state index in [9.17, 15) is 0 Å². The molecule has 3 nitrogen and oxygen atoms in total. The fraction of sp³-hybridized carbons (Fsp3) is 0.0455. The molecule has 1 aromatic heterocycles. The van der Waals surface area contributed by atoms with E-state index < -0.39 is 0 Å². The summed E-state index contributed by atoms with van der Waals surface area (Å²) >= 11 is 0. The number of aliphatic imine (C=N–C) groups is 1. The SMILES string of the molecule is Cc1ccccc1N=C1Cc2ccccc2-c2ccc(-c3ccc4cc(-c5nc6ccccc6n5-c5ccccc5)ccc4c3)cc21. The highest BCUT2D eigenvalue weighted by Crippen LogP contribution is 2.38. The molecule has 1 aliphatic rings. The van der Waals surface area contributed by atoms with Crippen LogP contribution in [0.2, 0.25) is 0 Å². The van der Waals surface area contributed by atoms with Crippen LogP contribution in [0.25, 0.3) is 61.1 Å². The molecule has 0 saturated heterocycles. The van der Waals surface area contributed by atoms with Crippen molar-refractivity contribution in [3.63, 3.8) is 0 Å². The number of aromatic nitrogens is 2. The Bertz CT molecular complexity index is 2500. The summed E-state index contributed by atoms with van der Waals surface area (Å²) in [6, 6.07) is 56.3. The van der Waals surface area contributed by atoms with E-state index in [2.05, 4.69) is 163 Å². The third-order valence-corrected chi connectivity index (χ3v) is 9.37. The number of nitrogens with zero attached hydrogens (tertiary/aromatic N) is 3. The van der Waals surface area contributed by atoms with Crippen LogP contribution in [-0.4, -0.2) is 15.3 Å². The van der Waals surface area contributed by atoms with Gasteiger partial charge in [-0.15, -0.1) is 0 Å². The van der Waals surface area contributed by atoms with Gasteiger partial charge in [0.05, 0.1) is 22.4 Å². The lowest BCUT2D eigenvalue weighted by Gasteiger charge is -2.23. The fourth-order valence-electron chi connectivity index (χ4n) is 6.97. The third-order valence-electron chi connectivity index (χ3n) is 9.37. The summed E-state index contributed by atoms with van der Waals surface area (Å²) in [6.07, 6.45) is 0.815. The summed E-state index contributed by atoms with van der Waals surface area (Å²) in [5.74, 6) is 0.943. The number of hydrogen-bond acceptors (Lipinski definition) is 2. The van der Waals surface area contributed by atoms with Gasteiger partial charge in [0.15, 0.2) is 0 Å². The number of fused-ring (bicyclic) bond motifs is 5. The lowest BCUT2D eigenvalue weighted by molar-refractivity contribution is 1.10. The molecule has 47 heavy (non-hydrogen) atoms. The van der Waals surface area contributed by atoms with Crippen LogP contribution in [0.5, 0.6) is 0 Å². The average Bonchev–Trinajstić information content (AvgIpc) is 3.52. The maximum Gasteiger partial charge on any atom is 0.145 e. The van der Waals surface area contributed by atoms with Gasteiger partial charge in [0, 0.05) is 23.2 Å². The Kier molecular flexibility index (Phi) is 6.43. The molecule has 0 N–H and O–H groups in total. The van der Waals surface area contributed by atoms with Crippen molar-refractivity contribution in [3.05, 3.63) is 174 Å². The molecular formula is C44H31N3. The van der Waals surface area contributed by atoms with Gasteiger partial charge in [-0.2, -0.15) is 0 Å².